The van der Waals surface area contributed by atoms with Crippen molar-refractivity contribution in [3.05, 3.63) is 11.5 Å². The fourth-order valence-corrected chi connectivity index (χ4v) is 1.37. The van der Waals surface area contributed by atoms with Crippen LogP contribution in [0.25, 0.3) is 0 Å². The highest BCUT2D eigenvalue weighted by Gasteiger charge is 2.17. The van der Waals surface area contributed by atoms with Crippen LogP contribution in [0.3, 0.4) is 0 Å². The number of hydrogen-bond donors (Lipinski definition) is 2. The average Bonchev–Trinajstić information content (AvgIpc) is 2.39. The summed E-state index contributed by atoms with van der Waals surface area (Å²) in [5.41, 5.74) is 6.54. The van der Waals surface area contributed by atoms with Gasteiger partial charge in [-0.25, -0.2) is 4.99 Å². The Hall–Kier alpha value is -1.85. The molecule has 108 valence electrons. The van der Waals surface area contributed by atoms with E-state index < -0.39 is 5.91 Å². The Labute approximate surface area is 114 Å². The lowest BCUT2D eigenvalue weighted by Crippen LogP contribution is -2.32. The van der Waals surface area contributed by atoms with Crippen molar-refractivity contribution in [1.82, 2.24) is 10.2 Å². The van der Waals surface area contributed by atoms with Gasteiger partial charge in [-0.15, -0.1) is 0 Å². The van der Waals surface area contributed by atoms with Crippen molar-refractivity contribution in [2.45, 2.75) is 40.0 Å². The van der Waals surface area contributed by atoms with Crippen molar-refractivity contribution in [3.8, 4) is 0 Å². The lowest BCUT2D eigenvalue weighted by molar-refractivity contribution is -0.125. The second kappa shape index (κ2) is 8.29. The van der Waals surface area contributed by atoms with E-state index in [1.54, 1.807) is 7.05 Å². The molecule has 0 saturated carbocycles. The molecule has 0 bridgehead atoms. The van der Waals surface area contributed by atoms with Gasteiger partial charge in [0, 0.05) is 26.7 Å². The first-order chi connectivity index (χ1) is 8.84. The first kappa shape index (κ1) is 17.2. The number of nitrogens with zero attached hydrogens (tertiary/aromatic N) is 2. The summed E-state index contributed by atoms with van der Waals surface area (Å²) in [5.74, 6) is -0.482. The lowest BCUT2D eigenvalue weighted by atomic mass is 10.2. The number of rotatable bonds is 6. The fraction of sp³-hybridized carbons (Fsp3) is 0.615. The van der Waals surface area contributed by atoms with Gasteiger partial charge in [-0.1, -0.05) is 13.3 Å². The molecule has 6 nitrogen and oxygen atoms in total. The summed E-state index contributed by atoms with van der Waals surface area (Å²) in [6.07, 6.45) is 2.87. The van der Waals surface area contributed by atoms with Crippen LogP contribution in [0.15, 0.2) is 16.5 Å². The van der Waals surface area contributed by atoms with Crippen LogP contribution in [0.4, 0.5) is 0 Å². The molecule has 0 aromatic rings. The van der Waals surface area contributed by atoms with Gasteiger partial charge in [0.15, 0.2) is 5.82 Å². The van der Waals surface area contributed by atoms with Crippen molar-refractivity contribution in [1.29, 1.82) is 0 Å². The van der Waals surface area contributed by atoms with Crippen molar-refractivity contribution in [2.24, 2.45) is 10.7 Å². The molecule has 0 aromatic carbocycles. The molecule has 0 atom stereocenters. The summed E-state index contributed by atoms with van der Waals surface area (Å²) < 4.78 is 0. The largest absolute Gasteiger partial charge is 0.391 e. The monoisotopic (exact) mass is 268 g/mol. The normalized spacial score (nSPS) is 12.8. The first-order valence-corrected chi connectivity index (χ1v) is 6.35. The Morgan fingerprint density at radius 3 is 2.32 bits per heavy atom. The topological polar surface area (TPSA) is 87.8 Å². The van der Waals surface area contributed by atoms with Crippen LogP contribution in [0.5, 0.6) is 0 Å². The zero-order chi connectivity index (χ0) is 15.0. The Morgan fingerprint density at radius 2 is 1.89 bits per heavy atom. The second-order valence-corrected chi connectivity index (χ2v) is 4.35. The van der Waals surface area contributed by atoms with Gasteiger partial charge < -0.3 is 11.1 Å². The highest BCUT2D eigenvalue weighted by molar-refractivity contribution is 5.94. The molecule has 0 aliphatic carbocycles. The van der Waals surface area contributed by atoms with E-state index in [2.05, 4.69) is 17.2 Å². The maximum Gasteiger partial charge on any atom is 0.270 e. The Kier molecular flexibility index (Phi) is 7.48. The average molecular weight is 268 g/mol. The van der Waals surface area contributed by atoms with Crippen LogP contribution in [0, 0.1) is 0 Å². The molecule has 6 heteroatoms. The van der Waals surface area contributed by atoms with Crippen LogP contribution in [-0.4, -0.2) is 36.5 Å². The van der Waals surface area contributed by atoms with E-state index in [1.165, 1.54) is 18.9 Å². The third kappa shape index (κ3) is 5.54. The molecular weight excluding hydrogens is 244 g/mol. The molecule has 0 saturated heterocycles. The van der Waals surface area contributed by atoms with Gasteiger partial charge >= 0.3 is 0 Å². The molecule has 0 heterocycles. The Bertz CT molecular complexity index is 399. The van der Waals surface area contributed by atoms with E-state index in [0.29, 0.717) is 0 Å². The van der Waals surface area contributed by atoms with Gasteiger partial charge in [0.2, 0.25) is 5.91 Å². The van der Waals surface area contributed by atoms with Crippen molar-refractivity contribution in [2.75, 3.05) is 14.1 Å². The summed E-state index contributed by atoms with van der Waals surface area (Å²) in [6, 6.07) is 0. The van der Waals surface area contributed by atoms with Gasteiger partial charge in [0.1, 0.15) is 5.70 Å². The Morgan fingerprint density at radius 1 is 1.32 bits per heavy atom. The number of aliphatic imine (C=N–C) groups is 1. The predicted octanol–water partition coefficient (Wildman–Crippen LogP) is 0.990. The van der Waals surface area contributed by atoms with Gasteiger partial charge in [0.25, 0.3) is 5.91 Å². The summed E-state index contributed by atoms with van der Waals surface area (Å²) in [6.45, 7) is 5.35. The second-order valence-electron chi connectivity index (χ2n) is 4.35. The SMILES string of the molecule is CCCC/C(C)=N/C(=C(\N)C(=O)NC)N(C)C(C)=O. The molecule has 0 radical (unpaired) electrons. The lowest BCUT2D eigenvalue weighted by Gasteiger charge is -2.18. The quantitative estimate of drug-likeness (QED) is 0.556. The third-order valence-corrected chi connectivity index (χ3v) is 2.69. The molecule has 0 aliphatic heterocycles. The Balaban J connectivity index is 5.41. The first-order valence-electron chi connectivity index (χ1n) is 6.35. The van der Waals surface area contributed by atoms with Crippen LogP contribution < -0.4 is 11.1 Å². The van der Waals surface area contributed by atoms with Crippen LogP contribution in [0.2, 0.25) is 0 Å². The molecule has 0 unspecified atom stereocenters. The number of likely N-dealkylation sites (N-methyl/N-ethyl adjacent to an activating group) is 1. The van der Waals surface area contributed by atoms with Gasteiger partial charge in [-0.2, -0.15) is 0 Å². The van der Waals surface area contributed by atoms with Gasteiger partial charge in [-0.05, 0) is 19.8 Å². The number of unbranched alkanes of at least 4 members (excludes halogenated alkanes) is 1. The standard InChI is InChI=1S/C13H24N4O2/c1-6-7-8-9(2)16-12(17(5)10(3)18)11(14)13(19)15-4/h6-8,14H2,1-5H3,(H,15,19)/b12-11+,16-9+. The molecular formula is C13H24N4O2. The minimum atomic E-state index is -0.449. The number of carbonyl (C=O) groups is 2. The zero-order valence-corrected chi connectivity index (χ0v) is 12.4. The van der Waals surface area contributed by atoms with Crippen molar-refractivity contribution in [3.63, 3.8) is 0 Å². The fourth-order valence-electron chi connectivity index (χ4n) is 1.37. The minimum absolute atomic E-state index is 0.0592. The zero-order valence-electron chi connectivity index (χ0n) is 12.4. The van der Waals surface area contributed by atoms with Crippen molar-refractivity contribution >= 4 is 17.5 Å². The predicted molar refractivity (Wildman–Crippen MR) is 76.4 cm³/mol. The van der Waals surface area contributed by atoms with E-state index in [1.807, 2.05) is 6.92 Å². The van der Waals surface area contributed by atoms with E-state index in [-0.39, 0.29) is 17.4 Å². The summed E-state index contributed by atoms with van der Waals surface area (Å²) in [7, 11) is 3.03. The molecule has 3 N–H and O–H groups in total. The number of amides is 2. The number of nitrogens with one attached hydrogen (secondary N) is 1. The molecule has 0 rings (SSSR count). The summed E-state index contributed by atoms with van der Waals surface area (Å²) in [5, 5.41) is 2.43. The molecule has 0 aromatic heterocycles. The summed E-state index contributed by atoms with van der Waals surface area (Å²) in [4.78, 5) is 28.6. The van der Waals surface area contributed by atoms with Crippen LogP contribution >= 0.6 is 0 Å². The molecule has 0 aliphatic rings. The number of hydrogen-bond acceptors (Lipinski definition) is 4. The van der Waals surface area contributed by atoms with Crippen molar-refractivity contribution < 1.29 is 9.59 Å². The van der Waals surface area contributed by atoms with E-state index in [0.717, 1.165) is 25.0 Å². The highest BCUT2D eigenvalue weighted by Crippen LogP contribution is 2.10. The third-order valence-electron chi connectivity index (χ3n) is 2.69. The van der Waals surface area contributed by atoms with E-state index in [9.17, 15) is 9.59 Å². The number of nitrogens with two attached hydrogens (primary N) is 1. The van der Waals surface area contributed by atoms with Gasteiger partial charge in [-0.3, -0.25) is 14.5 Å². The van der Waals surface area contributed by atoms with Crippen LogP contribution in [0.1, 0.15) is 40.0 Å². The van der Waals surface area contributed by atoms with E-state index >= 15 is 0 Å². The molecule has 0 spiro atoms. The minimum Gasteiger partial charge on any atom is -0.391 e. The number of carbonyl (C=O) groups excluding carboxylic acids is 2. The maximum absolute atomic E-state index is 11.6. The highest BCUT2D eigenvalue weighted by atomic mass is 16.2. The smallest absolute Gasteiger partial charge is 0.270 e. The van der Waals surface area contributed by atoms with Gasteiger partial charge in [0.05, 0.1) is 0 Å². The van der Waals surface area contributed by atoms with E-state index in [4.69, 9.17) is 5.73 Å². The molecule has 19 heavy (non-hydrogen) atoms. The summed E-state index contributed by atoms with van der Waals surface area (Å²) >= 11 is 0. The maximum atomic E-state index is 11.6. The van der Waals surface area contributed by atoms with Crippen LogP contribution in [-0.2, 0) is 9.59 Å². The molecule has 0 fully saturated rings. The molecule has 2 amide bonds.